The van der Waals surface area contributed by atoms with Crippen LogP contribution in [0.15, 0.2) is 24.3 Å². The molecular formula is C18H28N2O. The van der Waals surface area contributed by atoms with Gasteiger partial charge in [-0.1, -0.05) is 29.8 Å². The summed E-state index contributed by atoms with van der Waals surface area (Å²) < 4.78 is 5.44. The van der Waals surface area contributed by atoms with Gasteiger partial charge in [0.25, 0.3) is 0 Å². The lowest BCUT2D eigenvalue weighted by atomic mass is 10.0. The highest BCUT2D eigenvalue weighted by Gasteiger charge is 2.28. The first kappa shape index (κ1) is 15.0. The topological polar surface area (TPSA) is 15.7 Å². The Morgan fingerprint density at radius 2 is 2.05 bits per heavy atom. The Hall–Kier alpha value is -0.900. The van der Waals surface area contributed by atoms with Crippen molar-refractivity contribution in [3.63, 3.8) is 0 Å². The van der Waals surface area contributed by atoms with Crippen molar-refractivity contribution in [1.29, 1.82) is 0 Å². The first-order valence-electron chi connectivity index (χ1n) is 8.33. The van der Waals surface area contributed by atoms with Crippen LogP contribution in [-0.4, -0.2) is 55.7 Å². The van der Waals surface area contributed by atoms with Gasteiger partial charge in [0, 0.05) is 32.2 Å². The molecule has 0 radical (unpaired) electrons. The second kappa shape index (κ2) is 6.91. The minimum atomic E-state index is 0.541. The van der Waals surface area contributed by atoms with Gasteiger partial charge in [0.05, 0.1) is 13.2 Å². The summed E-state index contributed by atoms with van der Waals surface area (Å²) in [6.45, 7) is 12.3. The number of ether oxygens (including phenoxy) is 1. The predicted octanol–water partition coefficient (Wildman–Crippen LogP) is 2.71. The van der Waals surface area contributed by atoms with Crippen molar-refractivity contribution in [3.05, 3.63) is 35.4 Å². The summed E-state index contributed by atoms with van der Waals surface area (Å²) in [7, 11) is 0. The summed E-state index contributed by atoms with van der Waals surface area (Å²) in [4.78, 5) is 5.23. The zero-order chi connectivity index (χ0) is 14.7. The van der Waals surface area contributed by atoms with Crippen LogP contribution in [0.3, 0.4) is 0 Å². The van der Waals surface area contributed by atoms with E-state index in [1.165, 1.54) is 37.2 Å². The first-order valence-corrected chi connectivity index (χ1v) is 8.33. The van der Waals surface area contributed by atoms with Crippen LogP contribution in [0.1, 0.15) is 30.5 Å². The van der Waals surface area contributed by atoms with Crippen molar-refractivity contribution in [2.24, 2.45) is 5.92 Å². The van der Waals surface area contributed by atoms with E-state index in [1.54, 1.807) is 0 Å². The van der Waals surface area contributed by atoms with Crippen LogP contribution in [-0.2, 0) is 4.74 Å². The van der Waals surface area contributed by atoms with Crippen molar-refractivity contribution < 1.29 is 4.74 Å². The van der Waals surface area contributed by atoms with E-state index in [-0.39, 0.29) is 0 Å². The van der Waals surface area contributed by atoms with Crippen LogP contribution in [0.2, 0.25) is 0 Å². The predicted molar refractivity (Wildman–Crippen MR) is 86.5 cm³/mol. The highest BCUT2D eigenvalue weighted by atomic mass is 16.5. The maximum absolute atomic E-state index is 5.44. The minimum Gasteiger partial charge on any atom is -0.379 e. The molecule has 0 N–H and O–H groups in total. The maximum atomic E-state index is 5.44. The standard InChI is InChI=1S/C18H28N2O/c1-15-4-3-5-18(12-15)16(2)20-7-6-17(14-20)13-19-8-10-21-11-9-19/h3-5,12,16-17H,6-11,13-14H2,1-2H3. The van der Waals surface area contributed by atoms with Gasteiger partial charge >= 0.3 is 0 Å². The lowest BCUT2D eigenvalue weighted by Crippen LogP contribution is -2.40. The van der Waals surface area contributed by atoms with Gasteiger partial charge in [0.15, 0.2) is 0 Å². The first-order chi connectivity index (χ1) is 10.2. The van der Waals surface area contributed by atoms with Gasteiger partial charge in [-0.2, -0.15) is 0 Å². The molecule has 2 fully saturated rings. The van der Waals surface area contributed by atoms with Gasteiger partial charge in [0.2, 0.25) is 0 Å². The summed E-state index contributed by atoms with van der Waals surface area (Å²) in [5.41, 5.74) is 2.82. The second-order valence-electron chi connectivity index (χ2n) is 6.65. The molecule has 3 heteroatoms. The van der Waals surface area contributed by atoms with E-state index >= 15 is 0 Å². The number of benzene rings is 1. The number of nitrogens with zero attached hydrogens (tertiary/aromatic N) is 2. The van der Waals surface area contributed by atoms with E-state index in [4.69, 9.17) is 4.74 Å². The number of rotatable bonds is 4. The third-order valence-electron chi connectivity index (χ3n) is 5.01. The van der Waals surface area contributed by atoms with Crippen LogP contribution in [0.25, 0.3) is 0 Å². The molecule has 1 aromatic carbocycles. The highest BCUT2D eigenvalue weighted by molar-refractivity contribution is 5.24. The van der Waals surface area contributed by atoms with Crippen LogP contribution >= 0.6 is 0 Å². The smallest absolute Gasteiger partial charge is 0.0594 e. The molecule has 3 rings (SSSR count). The number of morpholine rings is 1. The molecule has 0 spiro atoms. The third-order valence-corrected chi connectivity index (χ3v) is 5.01. The van der Waals surface area contributed by atoms with Gasteiger partial charge in [-0.15, -0.1) is 0 Å². The SMILES string of the molecule is Cc1cccc(C(C)N2CCC(CN3CCOCC3)C2)c1. The van der Waals surface area contributed by atoms with E-state index in [2.05, 4.69) is 47.9 Å². The Balaban J connectivity index is 1.53. The van der Waals surface area contributed by atoms with Gasteiger partial charge in [-0.05, 0) is 38.3 Å². The fourth-order valence-electron chi connectivity index (χ4n) is 3.65. The molecule has 0 aliphatic carbocycles. The normalized spacial score (nSPS) is 26.1. The zero-order valence-electron chi connectivity index (χ0n) is 13.4. The summed E-state index contributed by atoms with van der Waals surface area (Å²) in [5, 5.41) is 0. The molecule has 3 nitrogen and oxygen atoms in total. The van der Waals surface area contributed by atoms with Crippen molar-refractivity contribution in [3.8, 4) is 0 Å². The van der Waals surface area contributed by atoms with Crippen LogP contribution in [0, 0.1) is 12.8 Å². The molecule has 2 aliphatic heterocycles. The molecule has 2 aliphatic rings. The van der Waals surface area contributed by atoms with E-state index in [0.29, 0.717) is 6.04 Å². The van der Waals surface area contributed by atoms with Crippen molar-refractivity contribution >= 4 is 0 Å². The molecule has 116 valence electrons. The van der Waals surface area contributed by atoms with Crippen LogP contribution < -0.4 is 0 Å². The molecule has 2 unspecified atom stereocenters. The van der Waals surface area contributed by atoms with Gasteiger partial charge in [-0.25, -0.2) is 0 Å². The fraction of sp³-hybridized carbons (Fsp3) is 0.667. The molecule has 21 heavy (non-hydrogen) atoms. The highest BCUT2D eigenvalue weighted by Crippen LogP contribution is 2.28. The summed E-state index contributed by atoms with van der Waals surface area (Å²) >= 11 is 0. The van der Waals surface area contributed by atoms with Crippen LogP contribution in [0.4, 0.5) is 0 Å². The summed E-state index contributed by atoms with van der Waals surface area (Å²) in [6.07, 6.45) is 1.34. The van der Waals surface area contributed by atoms with E-state index in [0.717, 1.165) is 32.2 Å². The largest absolute Gasteiger partial charge is 0.379 e. The number of hydrogen-bond donors (Lipinski definition) is 0. The third kappa shape index (κ3) is 3.85. The Labute approximate surface area is 128 Å². The Kier molecular flexibility index (Phi) is 4.94. The van der Waals surface area contributed by atoms with Crippen molar-refractivity contribution in [2.75, 3.05) is 45.9 Å². The van der Waals surface area contributed by atoms with Gasteiger partial charge < -0.3 is 4.74 Å². The maximum Gasteiger partial charge on any atom is 0.0594 e. The fourth-order valence-corrected chi connectivity index (χ4v) is 3.65. The van der Waals surface area contributed by atoms with Crippen LogP contribution in [0.5, 0.6) is 0 Å². The zero-order valence-corrected chi connectivity index (χ0v) is 13.4. The molecule has 2 saturated heterocycles. The molecule has 0 aromatic heterocycles. The number of hydrogen-bond acceptors (Lipinski definition) is 3. The minimum absolute atomic E-state index is 0.541. The van der Waals surface area contributed by atoms with Gasteiger partial charge in [-0.3, -0.25) is 9.80 Å². The number of aryl methyl sites for hydroxylation is 1. The lowest BCUT2D eigenvalue weighted by Gasteiger charge is -2.30. The Morgan fingerprint density at radius 1 is 1.24 bits per heavy atom. The Bertz CT molecular complexity index is 456. The van der Waals surface area contributed by atoms with Gasteiger partial charge in [0.1, 0.15) is 0 Å². The van der Waals surface area contributed by atoms with E-state index in [1.807, 2.05) is 0 Å². The molecule has 1 aromatic rings. The average molecular weight is 288 g/mol. The second-order valence-corrected chi connectivity index (χ2v) is 6.65. The monoisotopic (exact) mass is 288 g/mol. The molecule has 2 atom stereocenters. The molecular weight excluding hydrogens is 260 g/mol. The quantitative estimate of drug-likeness (QED) is 0.847. The van der Waals surface area contributed by atoms with Crippen molar-refractivity contribution in [1.82, 2.24) is 9.80 Å². The summed E-state index contributed by atoms with van der Waals surface area (Å²) in [5.74, 6) is 0.829. The molecule has 2 heterocycles. The molecule has 0 bridgehead atoms. The number of likely N-dealkylation sites (tertiary alicyclic amines) is 1. The Morgan fingerprint density at radius 3 is 2.81 bits per heavy atom. The average Bonchev–Trinajstić information content (AvgIpc) is 2.96. The molecule has 0 saturated carbocycles. The van der Waals surface area contributed by atoms with E-state index < -0.39 is 0 Å². The van der Waals surface area contributed by atoms with Crippen molar-refractivity contribution in [2.45, 2.75) is 26.3 Å². The summed E-state index contributed by atoms with van der Waals surface area (Å²) in [6, 6.07) is 9.51. The lowest BCUT2D eigenvalue weighted by molar-refractivity contribution is 0.0309. The van der Waals surface area contributed by atoms with E-state index in [9.17, 15) is 0 Å². The molecule has 0 amide bonds.